The highest BCUT2D eigenvalue weighted by Gasteiger charge is 2.26. The summed E-state index contributed by atoms with van der Waals surface area (Å²) in [7, 11) is 0. The summed E-state index contributed by atoms with van der Waals surface area (Å²) in [6.45, 7) is 8.95. The summed E-state index contributed by atoms with van der Waals surface area (Å²) in [6, 6.07) is 23.2. The predicted octanol–water partition coefficient (Wildman–Crippen LogP) is 5.69. The van der Waals surface area contributed by atoms with E-state index in [4.69, 9.17) is 0 Å². The van der Waals surface area contributed by atoms with Crippen LogP contribution >= 0.6 is 0 Å². The fourth-order valence-corrected chi connectivity index (χ4v) is 4.28. The van der Waals surface area contributed by atoms with Crippen LogP contribution in [0.3, 0.4) is 0 Å². The number of carbonyl (C=O) groups excluding carboxylic acids is 2. The summed E-state index contributed by atoms with van der Waals surface area (Å²) in [6.07, 6.45) is 0.255. The van der Waals surface area contributed by atoms with Crippen molar-refractivity contribution in [1.82, 2.24) is 5.32 Å². The molecule has 0 aromatic heterocycles. The highest BCUT2D eigenvalue weighted by Crippen LogP contribution is 2.43. The maximum absolute atomic E-state index is 13.3. The van der Waals surface area contributed by atoms with Gasteiger partial charge in [-0.2, -0.15) is 0 Å². The van der Waals surface area contributed by atoms with Crippen LogP contribution in [0, 0.1) is 0 Å². The number of carbonyl (C=O) groups is 2. The van der Waals surface area contributed by atoms with Crippen molar-refractivity contribution in [2.45, 2.75) is 46.1 Å². The number of fused-ring (bicyclic) bond motifs is 5. The Morgan fingerprint density at radius 2 is 1.56 bits per heavy atom. The van der Waals surface area contributed by atoms with Gasteiger partial charge in [-0.25, -0.2) is 0 Å². The third kappa shape index (κ3) is 4.31. The lowest BCUT2D eigenvalue weighted by atomic mass is 9.81. The van der Waals surface area contributed by atoms with Crippen LogP contribution in [-0.2, 0) is 21.5 Å². The first-order chi connectivity index (χ1) is 15.3. The molecule has 3 aromatic carbocycles. The molecule has 32 heavy (non-hydrogen) atoms. The van der Waals surface area contributed by atoms with E-state index in [1.54, 1.807) is 0 Å². The Morgan fingerprint density at radius 1 is 0.875 bits per heavy atom. The lowest BCUT2D eigenvalue weighted by molar-refractivity contribution is -0.120. The number of rotatable bonds is 3. The molecule has 1 N–H and O–H groups in total. The van der Waals surface area contributed by atoms with Crippen LogP contribution in [0.1, 0.15) is 45.2 Å². The number of para-hydroxylation sites is 1. The van der Waals surface area contributed by atoms with Crippen LogP contribution in [0.5, 0.6) is 0 Å². The second kappa shape index (κ2) is 8.62. The SMILES string of the molecule is CC(=O)NCCC(=O)N1Cc2ccccc2-c2ccc(C(C)(C)C)cc2-c2ccccc21. The van der Waals surface area contributed by atoms with E-state index < -0.39 is 0 Å². The summed E-state index contributed by atoms with van der Waals surface area (Å²) in [5, 5.41) is 2.74. The molecule has 1 aliphatic rings. The van der Waals surface area contributed by atoms with Gasteiger partial charge in [0.2, 0.25) is 11.8 Å². The van der Waals surface area contributed by atoms with Crippen molar-refractivity contribution in [2.75, 3.05) is 11.4 Å². The Morgan fingerprint density at radius 3 is 2.28 bits per heavy atom. The van der Waals surface area contributed by atoms with Gasteiger partial charge in [-0.1, -0.05) is 75.4 Å². The summed E-state index contributed by atoms with van der Waals surface area (Å²) in [5.41, 5.74) is 7.81. The average molecular weight is 427 g/mol. The standard InChI is InChI=1S/C28H30N2O2/c1-19(31)29-16-15-27(32)30-18-20-9-5-6-10-22(20)23-14-13-21(28(2,3)4)17-25(23)24-11-7-8-12-26(24)30/h5-14,17H,15-16,18H2,1-4H3,(H,29,31). The lowest BCUT2D eigenvalue weighted by Gasteiger charge is -2.31. The molecule has 0 fully saturated rings. The highest BCUT2D eigenvalue weighted by molar-refractivity contribution is 6.01. The molecule has 2 amide bonds. The van der Waals surface area contributed by atoms with Gasteiger partial charge in [0, 0.05) is 25.5 Å². The molecule has 0 aliphatic carbocycles. The van der Waals surface area contributed by atoms with Crippen molar-refractivity contribution in [3.8, 4) is 22.3 Å². The van der Waals surface area contributed by atoms with E-state index in [-0.39, 0.29) is 23.7 Å². The summed E-state index contributed by atoms with van der Waals surface area (Å²) in [4.78, 5) is 26.5. The van der Waals surface area contributed by atoms with Crippen LogP contribution in [-0.4, -0.2) is 18.4 Å². The second-order valence-electron chi connectivity index (χ2n) is 9.40. The minimum atomic E-state index is -0.125. The van der Waals surface area contributed by atoms with Gasteiger partial charge in [-0.3, -0.25) is 9.59 Å². The monoisotopic (exact) mass is 426 g/mol. The van der Waals surface area contributed by atoms with Crippen molar-refractivity contribution < 1.29 is 9.59 Å². The van der Waals surface area contributed by atoms with Gasteiger partial charge in [0.05, 0.1) is 12.2 Å². The quantitative estimate of drug-likeness (QED) is 0.585. The zero-order chi connectivity index (χ0) is 22.9. The van der Waals surface area contributed by atoms with Gasteiger partial charge in [-0.05, 0) is 45.4 Å². The molecule has 3 aromatic rings. The third-order valence-electron chi connectivity index (χ3n) is 6.02. The molecule has 0 saturated heterocycles. The van der Waals surface area contributed by atoms with E-state index in [1.165, 1.54) is 18.1 Å². The van der Waals surface area contributed by atoms with Gasteiger partial charge < -0.3 is 10.2 Å². The lowest BCUT2D eigenvalue weighted by Crippen LogP contribution is -2.34. The zero-order valence-corrected chi connectivity index (χ0v) is 19.2. The highest BCUT2D eigenvalue weighted by atomic mass is 16.2. The molecule has 0 radical (unpaired) electrons. The Bertz CT molecular complexity index is 1170. The topological polar surface area (TPSA) is 49.4 Å². The first-order valence-electron chi connectivity index (χ1n) is 11.1. The van der Waals surface area contributed by atoms with Crippen LogP contribution in [0.15, 0.2) is 66.7 Å². The van der Waals surface area contributed by atoms with Gasteiger partial charge in [0.1, 0.15) is 0 Å². The molecule has 0 saturated carbocycles. The smallest absolute Gasteiger partial charge is 0.229 e. The summed E-state index contributed by atoms with van der Waals surface area (Å²) < 4.78 is 0. The minimum absolute atomic E-state index is 0.00331. The number of nitrogens with one attached hydrogen (secondary N) is 1. The molecule has 0 unspecified atom stereocenters. The molecule has 0 atom stereocenters. The van der Waals surface area contributed by atoms with E-state index in [2.05, 4.69) is 68.6 Å². The Labute approximate surface area is 190 Å². The van der Waals surface area contributed by atoms with Crippen molar-refractivity contribution >= 4 is 17.5 Å². The third-order valence-corrected chi connectivity index (χ3v) is 6.02. The Hall–Kier alpha value is -3.40. The van der Waals surface area contributed by atoms with Crippen molar-refractivity contribution in [3.05, 3.63) is 77.9 Å². The van der Waals surface area contributed by atoms with Gasteiger partial charge in [0.15, 0.2) is 0 Å². The first kappa shape index (κ1) is 21.8. The summed E-state index contributed by atoms with van der Waals surface area (Å²) >= 11 is 0. The fourth-order valence-electron chi connectivity index (χ4n) is 4.28. The van der Waals surface area contributed by atoms with E-state index in [0.717, 1.165) is 27.9 Å². The molecule has 1 aliphatic heterocycles. The molecule has 4 rings (SSSR count). The molecular weight excluding hydrogens is 396 g/mol. The number of hydrogen-bond acceptors (Lipinski definition) is 2. The normalized spacial score (nSPS) is 12.7. The van der Waals surface area contributed by atoms with E-state index in [0.29, 0.717) is 13.1 Å². The van der Waals surface area contributed by atoms with E-state index in [1.807, 2.05) is 29.2 Å². The average Bonchev–Trinajstić information content (AvgIpc) is 2.75. The van der Waals surface area contributed by atoms with Crippen molar-refractivity contribution in [2.24, 2.45) is 0 Å². The van der Waals surface area contributed by atoms with Crippen molar-refractivity contribution in [3.63, 3.8) is 0 Å². The maximum atomic E-state index is 13.3. The van der Waals surface area contributed by atoms with Crippen molar-refractivity contribution in [1.29, 1.82) is 0 Å². The van der Waals surface area contributed by atoms with Gasteiger partial charge >= 0.3 is 0 Å². The largest absolute Gasteiger partial charge is 0.356 e. The fraction of sp³-hybridized carbons (Fsp3) is 0.286. The van der Waals surface area contributed by atoms with E-state index >= 15 is 0 Å². The van der Waals surface area contributed by atoms with E-state index in [9.17, 15) is 9.59 Å². The Kier molecular flexibility index (Phi) is 5.88. The second-order valence-corrected chi connectivity index (χ2v) is 9.40. The van der Waals surface area contributed by atoms with Gasteiger partial charge in [0.25, 0.3) is 0 Å². The van der Waals surface area contributed by atoms with Gasteiger partial charge in [-0.15, -0.1) is 0 Å². The molecule has 4 nitrogen and oxygen atoms in total. The van der Waals surface area contributed by atoms with Crippen LogP contribution < -0.4 is 10.2 Å². The maximum Gasteiger partial charge on any atom is 0.229 e. The molecule has 0 bridgehead atoms. The number of benzene rings is 3. The number of amides is 2. The first-order valence-corrected chi connectivity index (χ1v) is 11.1. The van der Waals surface area contributed by atoms with Crippen LogP contribution in [0.25, 0.3) is 22.3 Å². The number of anilines is 1. The van der Waals surface area contributed by atoms with Crippen LogP contribution in [0.4, 0.5) is 5.69 Å². The molecular formula is C28H30N2O2. The molecule has 0 spiro atoms. The van der Waals surface area contributed by atoms with Crippen LogP contribution in [0.2, 0.25) is 0 Å². The molecule has 1 heterocycles. The number of hydrogen-bond donors (Lipinski definition) is 1. The minimum Gasteiger partial charge on any atom is -0.356 e. The summed E-state index contributed by atoms with van der Waals surface area (Å²) in [5.74, 6) is -0.128. The molecule has 4 heteroatoms. The molecule has 164 valence electrons. The number of nitrogens with zero attached hydrogens (tertiary/aromatic N) is 1. The zero-order valence-electron chi connectivity index (χ0n) is 19.2. The predicted molar refractivity (Wildman–Crippen MR) is 131 cm³/mol. The Balaban J connectivity index is 1.90.